The second-order valence-corrected chi connectivity index (χ2v) is 3.29. The minimum Gasteiger partial charge on any atom is -0.244 e. The van der Waals surface area contributed by atoms with Gasteiger partial charge in [0.25, 0.3) is 0 Å². The summed E-state index contributed by atoms with van der Waals surface area (Å²) >= 11 is 0. The zero-order valence-corrected chi connectivity index (χ0v) is 8.44. The van der Waals surface area contributed by atoms with Crippen LogP contribution in [-0.2, 0) is 6.42 Å². The average Bonchev–Trinajstić information content (AvgIpc) is 2.31. The van der Waals surface area contributed by atoms with Crippen LogP contribution < -0.4 is 0 Å². The zero-order valence-electron chi connectivity index (χ0n) is 8.44. The van der Waals surface area contributed by atoms with Crippen LogP contribution in [0.5, 0.6) is 0 Å². The molecule has 0 spiro atoms. The van der Waals surface area contributed by atoms with Crippen LogP contribution in [-0.4, -0.2) is 9.97 Å². The van der Waals surface area contributed by atoms with Crippen molar-refractivity contribution >= 4 is 0 Å². The number of rotatable bonds is 2. The van der Waals surface area contributed by atoms with Crippen molar-refractivity contribution in [3.8, 4) is 11.1 Å². The van der Waals surface area contributed by atoms with E-state index >= 15 is 0 Å². The van der Waals surface area contributed by atoms with E-state index in [-0.39, 0.29) is 5.82 Å². The summed E-state index contributed by atoms with van der Waals surface area (Å²) in [6.07, 6.45) is 5.56. The lowest BCUT2D eigenvalue weighted by Gasteiger charge is -2.04. The summed E-state index contributed by atoms with van der Waals surface area (Å²) in [7, 11) is 0. The van der Waals surface area contributed by atoms with E-state index in [9.17, 15) is 4.39 Å². The molecule has 0 aliphatic carbocycles. The highest BCUT2D eigenvalue weighted by molar-refractivity contribution is 5.62. The van der Waals surface area contributed by atoms with Gasteiger partial charge in [-0.05, 0) is 24.1 Å². The molecule has 0 aliphatic heterocycles. The van der Waals surface area contributed by atoms with E-state index in [4.69, 9.17) is 0 Å². The van der Waals surface area contributed by atoms with Crippen molar-refractivity contribution in [2.75, 3.05) is 0 Å². The van der Waals surface area contributed by atoms with Crippen molar-refractivity contribution in [1.82, 2.24) is 9.97 Å². The fourth-order valence-electron chi connectivity index (χ4n) is 1.45. The molecule has 1 aromatic heterocycles. The largest absolute Gasteiger partial charge is 0.244 e. The Labute approximate surface area is 87.8 Å². The quantitative estimate of drug-likeness (QED) is 0.748. The molecule has 3 heteroatoms. The van der Waals surface area contributed by atoms with Crippen molar-refractivity contribution in [2.24, 2.45) is 0 Å². The third kappa shape index (κ3) is 2.01. The number of benzene rings is 1. The Kier molecular flexibility index (Phi) is 2.72. The molecule has 0 atom stereocenters. The van der Waals surface area contributed by atoms with Gasteiger partial charge in [-0.15, -0.1) is 0 Å². The van der Waals surface area contributed by atoms with Gasteiger partial charge in [-0.3, -0.25) is 0 Å². The fourth-order valence-corrected chi connectivity index (χ4v) is 1.45. The maximum Gasteiger partial charge on any atom is 0.131 e. The molecule has 2 nitrogen and oxygen atoms in total. The van der Waals surface area contributed by atoms with Crippen LogP contribution in [0.15, 0.2) is 36.9 Å². The van der Waals surface area contributed by atoms with Gasteiger partial charge in [0.1, 0.15) is 12.1 Å². The van der Waals surface area contributed by atoms with E-state index in [1.807, 2.05) is 13.0 Å². The van der Waals surface area contributed by atoms with Crippen molar-refractivity contribution in [3.05, 3.63) is 48.3 Å². The number of nitrogens with zero attached hydrogens (tertiary/aromatic N) is 2. The van der Waals surface area contributed by atoms with Gasteiger partial charge in [0.05, 0.1) is 0 Å². The number of aryl methyl sites for hydroxylation is 1. The minimum atomic E-state index is -0.234. The highest BCUT2D eigenvalue weighted by Crippen LogP contribution is 2.22. The average molecular weight is 202 g/mol. The standard InChI is InChI=1S/C12H11FN2/c1-2-9-3-4-12(13)11(5-9)10-6-14-8-15-7-10/h3-8H,2H2,1H3. The summed E-state index contributed by atoms with van der Waals surface area (Å²) in [5.74, 6) is -0.234. The zero-order chi connectivity index (χ0) is 10.7. The van der Waals surface area contributed by atoms with Gasteiger partial charge in [-0.1, -0.05) is 13.0 Å². The highest BCUT2D eigenvalue weighted by Gasteiger charge is 2.05. The molecule has 0 saturated heterocycles. The van der Waals surface area contributed by atoms with E-state index in [0.717, 1.165) is 12.0 Å². The van der Waals surface area contributed by atoms with Crippen LogP contribution in [0.1, 0.15) is 12.5 Å². The summed E-state index contributed by atoms with van der Waals surface area (Å²) in [5, 5.41) is 0. The molecule has 1 heterocycles. The molecule has 0 saturated carbocycles. The molecule has 0 unspecified atom stereocenters. The first-order chi connectivity index (χ1) is 7.31. The summed E-state index contributed by atoms with van der Waals surface area (Å²) in [6.45, 7) is 2.04. The van der Waals surface area contributed by atoms with Crippen molar-refractivity contribution in [1.29, 1.82) is 0 Å². The second kappa shape index (κ2) is 4.17. The van der Waals surface area contributed by atoms with E-state index in [2.05, 4.69) is 9.97 Å². The summed E-state index contributed by atoms with van der Waals surface area (Å²) in [5.41, 5.74) is 2.38. The lowest BCUT2D eigenvalue weighted by Crippen LogP contribution is -1.89. The van der Waals surface area contributed by atoms with Gasteiger partial charge in [0.2, 0.25) is 0 Å². The Morgan fingerprint density at radius 2 is 1.93 bits per heavy atom. The van der Waals surface area contributed by atoms with Crippen LogP contribution in [0.2, 0.25) is 0 Å². The second-order valence-electron chi connectivity index (χ2n) is 3.29. The van der Waals surface area contributed by atoms with Gasteiger partial charge in [0.15, 0.2) is 0 Å². The number of hydrogen-bond donors (Lipinski definition) is 0. The molecule has 0 radical (unpaired) electrons. The number of hydrogen-bond acceptors (Lipinski definition) is 2. The molecule has 2 aromatic rings. The molecule has 2 rings (SSSR count). The lowest BCUT2D eigenvalue weighted by atomic mass is 10.0. The predicted octanol–water partition coefficient (Wildman–Crippen LogP) is 2.85. The molecule has 1 aromatic carbocycles. The predicted molar refractivity (Wildman–Crippen MR) is 56.8 cm³/mol. The first-order valence-electron chi connectivity index (χ1n) is 4.85. The maximum absolute atomic E-state index is 13.5. The van der Waals surface area contributed by atoms with E-state index in [1.54, 1.807) is 18.5 Å². The Hall–Kier alpha value is -1.77. The van der Waals surface area contributed by atoms with Crippen LogP contribution in [0, 0.1) is 5.82 Å². The molecule has 15 heavy (non-hydrogen) atoms. The van der Waals surface area contributed by atoms with Gasteiger partial charge < -0.3 is 0 Å². The lowest BCUT2D eigenvalue weighted by molar-refractivity contribution is 0.630. The third-order valence-corrected chi connectivity index (χ3v) is 2.31. The molecular formula is C12H11FN2. The fraction of sp³-hybridized carbons (Fsp3) is 0.167. The maximum atomic E-state index is 13.5. The molecule has 0 N–H and O–H groups in total. The normalized spacial score (nSPS) is 10.3. The Morgan fingerprint density at radius 3 is 2.60 bits per heavy atom. The summed E-state index contributed by atoms with van der Waals surface area (Å²) in [6, 6.07) is 5.12. The third-order valence-electron chi connectivity index (χ3n) is 2.31. The van der Waals surface area contributed by atoms with E-state index in [0.29, 0.717) is 11.1 Å². The van der Waals surface area contributed by atoms with Crippen LogP contribution in [0.3, 0.4) is 0 Å². The molecule has 0 bridgehead atoms. The van der Waals surface area contributed by atoms with Gasteiger partial charge in [-0.2, -0.15) is 0 Å². The van der Waals surface area contributed by atoms with Crippen molar-refractivity contribution in [3.63, 3.8) is 0 Å². The Morgan fingerprint density at radius 1 is 1.20 bits per heavy atom. The van der Waals surface area contributed by atoms with E-state index in [1.165, 1.54) is 12.4 Å². The van der Waals surface area contributed by atoms with Gasteiger partial charge >= 0.3 is 0 Å². The van der Waals surface area contributed by atoms with Gasteiger partial charge in [-0.25, -0.2) is 14.4 Å². The van der Waals surface area contributed by atoms with Crippen molar-refractivity contribution < 1.29 is 4.39 Å². The van der Waals surface area contributed by atoms with Crippen LogP contribution >= 0.6 is 0 Å². The van der Waals surface area contributed by atoms with Crippen LogP contribution in [0.4, 0.5) is 4.39 Å². The highest BCUT2D eigenvalue weighted by atomic mass is 19.1. The van der Waals surface area contributed by atoms with Crippen molar-refractivity contribution in [2.45, 2.75) is 13.3 Å². The molecule has 0 amide bonds. The number of halogens is 1. The minimum absolute atomic E-state index is 0.234. The Balaban J connectivity index is 2.52. The van der Waals surface area contributed by atoms with Gasteiger partial charge in [0, 0.05) is 23.5 Å². The summed E-state index contributed by atoms with van der Waals surface area (Å²) in [4.78, 5) is 7.76. The topological polar surface area (TPSA) is 25.8 Å². The van der Waals surface area contributed by atoms with E-state index < -0.39 is 0 Å². The van der Waals surface area contributed by atoms with Crippen LogP contribution in [0.25, 0.3) is 11.1 Å². The molecular weight excluding hydrogens is 191 g/mol. The smallest absolute Gasteiger partial charge is 0.131 e. The molecule has 76 valence electrons. The first-order valence-corrected chi connectivity index (χ1v) is 4.85. The first kappa shape index (κ1) is 9.77. The molecule has 0 aliphatic rings. The SMILES string of the molecule is CCc1ccc(F)c(-c2cncnc2)c1. The summed E-state index contributed by atoms with van der Waals surface area (Å²) < 4.78 is 13.5. The monoisotopic (exact) mass is 202 g/mol. The number of aromatic nitrogens is 2. The molecule has 0 fully saturated rings. The Bertz CT molecular complexity index is 454.